The van der Waals surface area contributed by atoms with E-state index < -0.39 is 22.2 Å². The van der Waals surface area contributed by atoms with Gasteiger partial charge in [-0.1, -0.05) is 0 Å². The van der Waals surface area contributed by atoms with Gasteiger partial charge in [-0.2, -0.15) is 4.39 Å². The van der Waals surface area contributed by atoms with E-state index in [1.807, 2.05) is 0 Å². The van der Waals surface area contributed by atoms with Crippen LogP contribution in [0.3, 0.4) is 0 Å². The second-order valence-electron chi connectivity index (χ2n) is 4.84. The first-order valence-electron chi connectivity index (χ1n) is 6.79. The third-order valence-electron chi connectivity index (χ3n) is 3.38. The number of ether oxygens (including phenoxy) is 2. The zero-order valence-corrected chi connectivity index (χ0v) is 15.0. The van der Waals surface area contributed by atoms with E-state index in [4.69, 9.17) is 9.47 Å². The summed E-state index contributed by atoms with van der Waals surface area (Å²) in [7, 11) is 1.27. The zero-order chi connectivity index (χ0) is 18.1. The summed E-state index contributed by atoms with van der Waals surface area (Å²) in [5.74, 6) is -1.68. The molecule has 10 heteroatoms. The maximum absolute atomic E-state index is 14.2. The fourth-order valence-corrected chi connectivity index (χ4v) is 3.64. The molecule has 0 amide bonds. The van der Waals surface area contributed by atoms with Gasteiger partial charge in [0.2, 0.25) is 5.82 Å². The highest BCUT2D eigenvalue weighted by Gasteiger charge is 2.21. The number of fused-ring (bicyclic) bond motifs is 1. The quantitative estimate of drug-likeness (QED) is 0.427. The number of hydrogen-bond donors (Lipinski definition) is 0. The molecule has 3 aromatic rings. The van der Waals surface area contributed by atoms with Gasteiger partial charge in [0.1, 0.15) is 12.4 Å². The molecule has 25 heavy (non-hydrogen) atoms. The van der Waals surface area contributed by atoms with Crippen LogP contribution in [0.2, 0.25) is 0 Å². The van der Waals surface area contributed by atoms with Crippen molar-refractivity contribution in [2.75, 3.05) is 7.11 Å². The number of rotatable bonds is 5. The average Bonchev–Trinajstić information content (AvgIpc) is 2.94. The SMILES string of the molecule is COc1cc(F)c([N+](=O)[O-])cc1OCc1c(F)ccc2sc(Br)nc12. The van der Waals surface area contributed by atoms with Crippen molar-refractivity contribution in [3.05, 3.63) is 55.5 Å². The van der Waals surface area contributed by atoms with Crippen LogP contribution >= 0.6 is 27.3 Å². The van der Waals surface area contributed by atoms with Gasteiger partial charge >= 0.3 is 5.69 Å². The molecule has 0 spiro atoms. The molecular weight excluding hydrogens is 422 g/mol. The molecule has 6 nitrogen and oxygen atoms in total. The Morgan fingerprint density at radius 2 is 2.04 bits per heavy atom. The first kappa shape index (κ1) is 17.5. The van der Waals surface area contributed by atoms with E-state index in [0.29, 0.717) is 9.43 Å². The summed E-state index contributed by atoms with van der Waals surface area (Å²) in [6.45, 7) is -0.251. The van der Waals surface area contributed by atoms with Gasteiger partial charge in [-0.15, -0.1) is 11.3 Å². The van der Waals surface area contributed by atoms with Crippen molar-refractivity contribution in [3.63, 3.8) is 0 Å². The van der Waals surface area contributed by atoms with Crippen LogP contribution in [-0.4, -0.2) is 17.0 Å². The number of methoxy groups -OCH3 is 1. The molecule has 0 N–H and O–H groups in total. The Hall–Kier alpha value is -2.33. The molecule has 0 atom stereocenters. The van der Waals surface area contributed by atoms with Crippen molar-refractivity contribution in [2.24, 2.45) is 0 Å². The van der Waals surface area contributed by atoms with Gasteiger partial charge in [-0.25, -0.2) is 9.37 Å². The summed E-state index contributed by atoms with van der Waals surface area (Å²) < 4.78 is 39.6. The number of hydrogen-bond acceptors (Lipinski definition) is 6. The molecule has 0 unspecified atom stereocenters. The third-order valence-corrected chi connectivity index (χ3v) is 4.86. The Morgan fingerprint density at radius 3 is 2.72 bits per heavy atom. The van der Waals surface area contributed by atoms with Crippen molar-refractivity contribution in [3.8, 4) is 11.5 Å². The highest BCUT2D eigenvalue weighted by atomic mass is 79.9. The minimum absolute atomic E-state index is 0.0323. The fraction of sp³-hybridized carbons (Fsp3) is 0.133. The lowest BCUT2D eigenvalue weighted by molar-refractivity contribution is -0.387. The molecule has 0 bridgehead atoms. The highest BCUT2D eigenvalue weighted by Crippen LogP contribution is 2.35. The standard InChI is InChI=1S/C15H9BrF2N2O4S/c1-23-11-4-9(18)10(20(21)22)5-12(11)24-6-7-8(17)2-3-13-14(7)19-15(16)25-13/h2-5H,6H2,1H3. The molecule has 0 saturated heterocycles. The Kier molecular flexibility index (Phi) is 4.82. The van der Waals surface area contributed by atoms with E-state index in [1.54, 1.807) is 6.07 Å². The van der Waals surface area contributed by atoms with Crippen LogP contribution in [0.25, 0.3) is 10.2 Å². The monoisotopic (exact) mass is 430 g/mol. The minimum Gasteiger partial charge on any atom is -0.493 e. The molecule has 1 heterocycles. The normalized spacial score (nSPS) is 10.9. The molecular formula is C15H9BrF2N2O4S. The molecule has 0 aliphatic heterocycles. The van der Waals surface area contributed by atoms with Crippen LogP contribution in [0.15, 0.2) is 28.2 Å². The van der Waals surface area contributed by atoms with E-state index >= 15 is 0 Å². The van der Waals surface area contributed by atoms with Gasteiger partial charge < -0.3 is 9.47 Å². The number of thiazole rings is 1. The summed E-state index contributed by atoms with van der Waals surface area (Å²) >= 11 is 4.58. The van der Waals surface area contributed by atoms with Crippen LogP contribution in [-0.2, 0) is 6.61 Å². The first-order valence-corrected chi connectivity index (χ1v) is 8.39. The number of halogens is 3. The van der Waals surface area contributed by atoms with Gasteiger partial charge in [0, 0.05) is 6.07 Å². The fourth-order valence-electron chi connectivity index (χ4n) is 2.22. The Morgan fingerprint density at radius 1 is 1.28 bits per heavy atom. The lowest BCUT2D eigenvalue weighted by Gasteiger charge is -2.11. The number of aromatic nitrogens is 1. The van der Waals surface area contributed by atoms with Crippen molar-refractivity contribution in [2.45, 2.75) is 6.61 Å². The second-order valence-corrected chi connectivity index (χ2v) is 7.15. The van der Waals surface area contributed by atoms with Gasteiger partial charge in [0.25, 0.3) is 0 Å². The molecule has 0 aliphatic carbocycles. The predicted molar refractivity (Wildman–Crippen MR) is 91.2 cm³/mol. The van der Waals surface area contributed by atoms with Gasteiger partial charge in [0.15, 0.2) is 15.4 Å². The number of nitrogens with zero attached hydrogens (tertiary/aromatic N) is 2. The van der Waals surface area contributed by atoms with Crippen molar-refractivity contribution in [1.29, 1.82) is 0 Å². The van der Waals surface area contributed by atoms with Crippen LogP contribution in [0, 0.1) is 21.7 Å². The van der Waals surface area contributed by atoms with Gasteiger partial charge in [-0.3, -0.25) is 10.1 Å². The summed E-state index contributed by atoms with van der Waals surface area (Å²) in [5, 5.41) is 10.9. The molecule has 130 valence electrons. The van der Waals surface area contributed by atoms with Crippen LogP contribution < -0.4 is 9.47 Å². The molecule has 3 rings (SSSR count). The van der Waals surface area contributed by atoms with E-state index in [-0.39, 0.29) is 23.7 Å². The van der Waals surface area contributed by atoms with Gasteiger partial charge in [-0.05, 0) is 28.1 Å². The summed E-state index contributed by atoms with van der Waals surface area (Å²) in [6, 6.07) is 4.64. The maximum atomic E-state index is 14.2. The molecule has 0 saturated carbocycles. The molecule has 2 aromatic carbocycles. The molecule has 1 aromatic heterocycles. The van der Waals surface area contributed by atoms with Crippen LogP contribution in [0.5, 0.6) is 11.5 Å². The minimum atomic E-state index is -1.05. The molecule has 0 fully saturated rings. The third kappa shape index (κ3) is 3.40. The van der Waals surface area contributed by atoms with Crippen molar-refractivity contribution < 1.29 is 23.2 Å². The number of nitro benzene ring substituents is 1. The predicted octanol–water partition coefficient (Wildman–Crippen LogP) is 4.83. The van der Waals surface area contributed by atoms with E-state index in [1.165, 1.54) is 24.5 Å². The topological polar surface area (TPSA) is 74.5 Å². The largest absolute Gasteiger partial charge is 0.493 e. The molecule has 0 aliphatic rings. The smallest absolute Gasteiger partial charge is 0.308 e. The zero-order valence-electron chi connectivity index (χ0n) is 12.6. The summed E-state index contributed by atoms with van der Waals surface area (Å²) in [6.07, 6.45) is 0. The lowest BCUT2D eigenvalue weighted by Crippen LogP contribution is -2.03. The Labute approximate surface area is 152 Å². The Balaban J connectivity index is 1.98. The first-order chi connectivity index (χ1) is 11.9. The lowest BCUT2D eigenvalue weighted by atomic mass is 10.2. The highest BCUT2D eigenvalue weighted by molar-refractivity contribution is 9.11. The van der Waals surface area contributed by atoms with Crippen molar-refractivity contribution >= 4 is 43.2 Å². The molecule has 0 radical (unpaired) electrons. The van der Waals surface area contributed by atoms with Crippen molar-refractivity contribution in [1.82, 2.24) is 4.98 Å². The van der Waals surface area contributed by atoms with E-state index in [2.05, 4.69) is 20.9 Å². The summed E-state index contributed by atoms with van der Waals surface area (Å²) in [4.78, 5) is 14.2. The van der Waals surface area contributed by atoms with Crippen LogP contribution in [0.4, 0.5) is 14.5 Å². The number of nitro groups is 1. The van der Waals surface area contributed by atoms with E-state index in [9.17, 15) is 18.9 Å². The second kappa shape index (κ2) is 6.89. The maximum Gasteiger partial charge on any atom is 0.308 e. The summed E-state index contributed by atoms with van der Waals surface area (Å²) in [5.41, 5.74) is -0.146. The number of benzene rings is 2. The average molecular weight is 431 g/mol. The van der Waals surface area contributed by atoms with Crippen LogP contribution in [0.1, 0.15) is 5.56 Å². The Bertz CT molecular complexity index is 980. The van der Waals surface area contributed by atoms with Gasteiger partial charge in [0.05, 0.1) is 33.9 Å². The van der Waals surface area contributed by atoms with E-state index in [0.717, 1.165) is 16.8 Å².